The van der Waals surface area contributed by atoms with E-state index in [1.165, 1.54) is 23.9 Å². The number of hydrogen-bond acceptors (Lipinski definition) is 4. The van der Waals surface area contributed by atoms with E-state index in [4.69, 9.17) is 0 Å². The average molecular weight is 481 g/mol. The largest absolute Gasteiger partial charge is 0.322 e. The summed E-state index contributed by atoms with van der Waals surface area (Å²) in [6, 6.07) is 23.5. The number of aryl methyl sites for hydroxylation is 1. The van der Waals surface area contributed by atoms with Gasteiger partial charge in [0.05, 0.1) is 22.5 Å². The number of hydrogen-bond donors (Lipinski definition) is 2. The van der Waals surface area contributed by atoms with Crippen molar-refractivity contribution in [2.24, 2.45) is 0 Å². The summed E-state index contributed by atoms with van der Waals surface area (Å²) in [5.74, 6) is -0.679. The van der Waals surface area contributed by atoms with Crippen LogP contribution in [-0.4, -0.2) is 21.1 Å². The Morgan fingerprint density at radius 1 is 1.00 bits per heavy atom. The Balaban J connectivity index is 1.37. The molecule has 0 atom stereocenters. The molecule has 0 aliphatic rings. The summed E-state index contributed by atoms with van der Waals surface area (Å²) in [7, 11) is 0. The molecule has 7 heteroatoms. The summed E-state index contributed by atoms with van der Waals surface area (Å²) in [5, 5.41) is 11.3. The topological polar surface area (TPSA) is 70.7 Å². The minimum absolute atomic E-state index is 0.286. The van der Waals surface area contributed by atoms with Crippen LogP contribution in [0.2, 0.25) is 0 Å². The number of fused-ring (bicyclic) bond motifs is 1. The molecule has 35 heavy (non-hydrogen) atoms. The Morgan fingerprint density at radius 2 is 1.86 bits per heavy atom. The molecule has 0 saturated carbocycles. The van der Waals surface area contributed by atoms with Crippen molar-refractivity contribution in [2.75, 3.05) is 5.32 Å². The molecule has 0 spiro atoms. The van der Waals surface area contributed by atoms with Crippen molar-refractivity contribution in [3.05, 3.63) is 113 Å². The number of amides is 1. The molecule has 3 aromatic carbocycles. The first-order chi connectivity index (χ1) is 17.1. The first-order valence-corrected chi connectivity index (χ1v) is 11.8. The summed E-state index contributed by atoms with van der Waals surface area (Å²) in [5.41, 5.74) is 4.35. The van der Waals surface area contributed by atoms with Gasteiger partial charge in [0.25, 0.3) is 5.91 Å². The lowest BCUT2D eigenvalue weighted by Gasteiger charge is -2.12. The number of benzene rings is 3. The zero-order chi connectivity index (χ0) is 24.2. The van der Waals surface area contributed by atoms with Gasteiger partial charge in [-0.05, 0) is 79.2 Å². The van der Waals surface area contributed by atoms with E-state index in [0.717, 1.165) is 37.6 Å². The lowest BCUT2D eigenvalue weighted by atomic mass is 10.1. The number of nitrogens with zero attached hydrogens (tertiary/aromatic N) is 2. The van der Waals surface area contributed by atoms with Crippen molar-refractivity contribution in [3.8, 4) is 0 Å². The second kappa shape index (κ2) is 9.95. The van der Waals surface area contributed by atoms with Gasteiger partial charge in [-0.3, -0.25) is 14.9 Å². The molecule has 1 amide bonds. The Kier molecular flexibility index (Phi) is 6.41. The Labute approximate surface area is 206 Å². The van der Waals surface area contributed by atoms with Gasteiger partial charge >= 0.3 is 0 Å². The number of anilines is 1. The Morgan fingerprint density at radius 3 is 2.71 bits per heavy atom. The van der Waals surface area contributed by atoms with Gasteiger partial charge in [0.2, 0.25) is 0 Å². The molecule has 2 aromatic heterocycles. The van der Waals surface area contributed by atoms with Gasteiger partial charge in [-0.2, -0.15) is 5.10 Å². The van der Waals surface area contributed by atoms with Crippen molar-refractivity contribution in [2.45, 2.75) is 16.7 Å². The van der Waals surface area contributed by atoms with Gasteiger partial charge in [0, 0.05) is 27.1 Å². The molecule has 0 radical (unpaired) electrons. The second-order valence-electron chi connectivity index (χ2n) is 7.92. The van der Waals surface area contributed by atoms with Gasteiger partial charge in [0.15, 0.2) is 0 Å². The minimum atomic E-state index is -0.393. The van der Waals surface area contributed by atoms with E-state index in [9.17, 15) is 9.18 Å². The normalized spacial score (nSPS) is 11.3. The highest BCUT2D eigenvalue weighted by atomic mass is 32.2. The van der Waals surface area contributed by atoms with Gasteiger partial charge in [-0.25, -0.2) is 4.39 Å². The number of carbonyl (C=O) groups is 1. The first kappa shape index (κ1) is 22.6. The van der Waals surface area contributed by atoms with Crippen LogP contribution in [0.3, 0.4) is 0 Å². The zero-order valence-electron chi connectivity index (χ0n) is 18.8. The maximum Gasteiger partial charge on any atom is 0.256 e. The molecule has 2 heterocycles. The number of carbonyl (C=O) groups excluding carboxylic acids is 1. The van der Waals surface area contributed by atoms with Gasteiger partial charge in [0.1, 0.15) is 5.82 Å². The predicted molar refractivity (Wildman–Crippen MR) is 139 cm³/mol. The first-order valence-electron chi connectivity index (χ1n) is 11.0. The third-order valence-electron chi connectivity index (χ3n) is 5.47. The van der Waals surface area contributed by atoms with Gasteiger partial charge in [-0.15, -0.1) is 0 Å². The quantitative estimate of drug-likeness (QED) is 0.275. The van der Waals surface area contributed by atoms with Crippen LogP contribution in [0.5, 0.6) is 0 Å². The highest BCUT2D eigenvalue weighted by Gasteiger charge is 2.14. The van der Waals surface area contributed by atoms with E-state index in [0.29, 0.717) is 11.3 Å². The number of H-pyrrole nitrogens is 1. The summed E-state index contributed by atoms with van der Waals surface area (Å²) >= 11 is 1.48. The van der Waals surface area contributed by atoms with Crippen LogP contribution in [0.25, 0.3) is 23.1 Å². The summed E-state index contributed by atoms with van der Waals surface area (Å²) < 4.78 is 13.7. The van der Waals surface area contributed by atoms with Crippen molar-refractivity contribution in [3.63, 3.8) is 0 Å². The molecule has 0 saturated heterocycles. The molecule has 0 bridgehead atoms. The van der Waals surface area contributed by atoms with Crippen LogP contribution in [0.1, 0.15) is 27.3 Å². The van der Waals surface area contributed by atoms with E-state index < -0.39 is 5.82 Å². The van der Waals surface area contributed by atoms with Crippen molar-refractivity contribution in [1.82, 2.24) is 15.2 Å². The van der Waals surface area contributed by atoms with Gasteiger partial charge in [-0.1, -0.05) is 36.0 Å². The van der Waals surface area contributed by atoms with E-state index >= 15 is 0 Å². The highest BCUT2D eigenvalue weighted by Crippen LogP contribution is 2.33. The number of aromatic amines is 1. The summed E-state index contributed by atoms with van der Waals surface area (Å²) in [6.45, 7) is 1.83. The summed E-state index contributed by atoms with van der Waals surface area (Å²) in [4.78, 5) is 19.1. The van der Waals surface area contributed by atoms with Crippen LogP contribution in [0.15, 0.2) is 94.9 Å². The van der Waals surface area contributed by atoms with Crippen LogP contribution in [0, 0.1) is 12.7 Å². The maximum atomic E-state index is 13.7. The van der Waals surface area contributed by atoms with Crippen LogP contribution in [-0.2, 0) is 0 Å². The van der Waals surface area contributed by atoms with E-state index in [2.05, 4.69) is 20.5 Å². The monoisotopic (exact) mass is 480 g/mol. The number of aromatic nitrogens is 3. The average Bonchev–Trinajstić information content (AvgIpc) is 3.28. The fraction of sp³-hybridized carbons (Fsp3) is 0.0357. The third-order valence-corrected chi connectivity index (χ3v) is 6.54. The van der Waals surface area contributed by atoms with E-state index in [1.54, 1.807) is 18.3 Å². The number of nitrogens with one attached hydrogen (secondary N) is 2. The van der Waals surface area contributed by atoms with E-state index in [1.807, 2.05) is 73.7 Å². The number of pyridine rings is 1. The van der Waals surface area contributed by atoms with E-state index in [-0.39, 0.29) is 5.91 Å². The highest BCUT2D eigenvalue weighted by molar-refractivity contribution is 7.99. The molecule has 0 unspecified atom stereocenters. The fourth-order valence-corrected chi connectivity index (χ4v) is 4.62. The lowest BCUT2D eigenvalue weighted by Crippen LogP contribution is -2.14. The van der Waals surface area contributed by atoms with Crippen molar-refractivity contribution in [1.29, 1.82) is 0 Å². The summed E-state index contributed by atoms with van der Waals surface area (Å²) in [6.07, 6.45) is 5.61. The molecule has 172 valence electrons. The molecule has 5 nitrogen and oxygen atoms in total. The van der Waals surface area contributed by atoms with Crippen LogP contribution >= 0.6 is 11.8 Å². The fourth-order valence-electron chi connectivity index (χ4n) is 3.64. The van der Waals surface area contributed by atoms with Crippen molar-refractivity contribution < 1.29 is 9.18 Å². The van der Waals surface area contributed by atoms with Gasteiger partial charge < -0.3 is 5.32 Å². The molecule has 0 aliphatic heterocycles. The molecular formula is C28H21FN4OS. The molecule has 0 aliphatic carbocycles. The zero-order valence-corrected chi connectivity index (χ0v) is 19.6. The molecule has 5 aromatic rings. The van der Waals surface area contributed by atoms with Crippen LogP contribution in [0.4, 0.5) is 10.1 Å². The van der Waals surface area contributed by atoms with Crippen LogP contribution < -0.4 is 5.32 Å². The number of rotatable bonds is 6. The Hall–Kier alpha value is -4.23. The molecule has 2 N–H and O–H groups in total. The number of halogens is 1. The second-order valence-corrected chi connectivity index (χ2v) is 9.03. The third kappa shape index (κ3) is 5.15. The standard InChI is InChI=1S/C28H21FN4OS/c1-18-9-10-19(29)16-25(18)31-28(34)23-7-2-3-8-27(23)35-21-12-13-22-24(32-33-26(22)17-21)14-11-20-6-4-5-15-30-20/h2-17H,1H3,(H,31,34)(H,32,33)/b14-11+. The van der Waals surface area contributed by atoms with Crippen molar-refractivity contribution >= 4 is 46.4 Å². The maximum absolute atomic E-state index is 13.7. The molecular weight excluding hydrogens is 459 g/mol. The predicted octanol–water partition coefficient (Wildman–Crippen LogP) is 6.98. The molecule has 0 fully saturated rings. The smallest absolute Gasteiger partial charge is 0.256 e. The Bertz CT molecular complexity index is 1550. The SMILES string of the molecule is Cc1ccc(F)cc1NC(=O)c1ccccc1Sc1ccc2c(/C=C/c3ccccn3)n[nH]c2c1. The minimum Gasteiger partial charge on any atom is -0.322 e. The molecule has 5 rings (SSSR count). The lowest BCUT2D eigenvalue weighted by molar-refractivity contribution is 0.102.